The Morgan fingerprint density at radius 3 is 2.53 bits per heavy atom. The molecule has 1 amide bonds. The highest BCUT2D eigenvalue weighted by atomic mass is 35.5. The highest BCUT2D eigenvalue weighted by molar-refractivity contribution is 6.38. The molecule has 10 nitrogen and oxygen atoms in total. The molecular weight excluding hydrogens is 589 g/mol. The third-order valence-corrected chi connectivity index (χ3v) is 7.41. The second-order valence-corrected chi connectivity index (χ2v) is 11.8. The Bertz CT molecular complexity index is 1460. The average molecular weight is 625 g/mol. The summed E-state index contributed by atoms with van der Waals surface area (Å²) >= 11 is 6.37. The van der Waals surface area contributed by atoms with E-state index in [2.05, 4.69) is 30.9 Å². The van der Waals surface area contributed by atoms with Crippen molar-refractivity contribution in [2.24, 2.45) is 0 Å². The zero-order valence-electron chi connectivity index (χ0n) is 24.5. The summed E-state index contributed by atoms with van der Waals surface area (Å²) in [5.41, 5.74) is -1.25. The van der Waals surface area contributed by atoms with E-state index in [9.17, 15) is 22.8 Å². The Hall–Kier alpha value is -3.58. The molecule has 0 radical (unpaired) electrons. The van der Waals surface area contributed by atoms with Crippen LogP contribution in [0.25, 0.3) is 22.2 Å². The van der Waals surface area contributed by atoms with E-state index in [4.69, 9.17) is 21.1 Å². The number of hydrogen-bond donors (Lipinski definition) is 4. The van der Waals surface area contributed by atoms with Gasteiger partial charge in [-0.15, -0.1) is 0 Å². The Kier molecular flexibility index (Phi) is 10.1. The molecule has 4 N–H and O–H groups in total. The number of H-pyrrole nitrogens is 1. The largest absolute Gasteiger partial charge is 0.465 e. The molecule has 2 atom stereocenters. The molecule has 1 aliphatic rings. The molecule has 43 heavy (non-hydrogen) atoms. The van der Waals surface area contributed by atoms with Gasteiger partial charge in [0, 0.05) is 42.0 Å². The molecule has 0 spiro atoms. The number of amides is 1. The third-order valence-electron chi connectivity index (χ3n) is 7.02. The van der Waals surface area contributed by atoms with Crippen molar-refractivity contribution in [1.29, 1.82) is 0 Å². The Labute approximate surface area is 252 Å². The van der Waals surface area contributed by atoms with E-state index in [1.165, 1.54) is 25.4 Å². The molecule has 3 aromatic rings. The van der Waals surface area contributed by atoms with E-state index in [0.29, 0.717) is 17.4 Å². The number of methoxy groups -OCH3 is 1. The monoisotopic (exact) mass is 624 g/mol. The average Bonchev–Trinajstić information content (AvgIpc) is 3.56. The normalized spacial score (nSPS) is 17.2. The summed E-state index contributed by atoms with van der Waals surface area (Å²) in [6.45, 7) is 6.73. The number of nitrogens with one attached hydrogen (secondary N) is 4. The minimum atomic E-state index is -4.70. The molecule has 0 saturated heterocycles. The lowest BCUT2D eigenvalue weighted by atomic mass is 10.0. The van der Waals surface area contributed by atoms with Gasteiger partial charge in [0.1, 0.15) is 11.2 Å². The third kappa shape index (κ3) is 8.29. The van der Waals surface area contributed by atoms with Crippen LogP contribution in [-0.2, 0) is 15.7 Å². The number of aromatic nitrogens is 3. The number of benzene rings is 1. The quantitative estimate of drug-likeness (QED) is 0.152. The van der Waals surface area contributed by atoms with Crippen molar-refractivity contribution in [3.8, 4) is 11.3 Å². The number of alkyl carbamates (subject to hydrolysis) is 1. The van der Waals surface area contributed by atoms with E-state index >= 15 is 0 Å². The van der Waals surface area contributed by atoms with Crippen molar-refractivity contribution in [3.05, 3.63) is 40.7 Å². The van der Waals surface area contributed by atoms with Gasteiger partial charge in [0.15, 0.2) is 0 Å². The maximum Gasteiger partial charge on any atom is 0.419 e. The maximum atomic E-state index is 14.0. The fourth-order valence-corrected chi connectivity index (χ4v) is 5.33. The molecule has 1 fully saturated rings. The fraction of sp³-hybridized carbons (Fsp3) is 0.517. The number of unbranched alkanes of at least 4 members (excludes halogenated alkanes) is 1. The number of carbonyl (C=O) groups excluding carboxylic acids is 2. The number of ether oxygens (including phenoxy) is 2. The number of carbonyl (C=O) groups is 2. The molecule has 0 aliphatic heterocycles. The number of alkyl halides is 3. The standard InChI is InChI=1S/C29H36ClF3N6O4/c1-28(2,3)43-27(41)35-12-6-5-11-34-16-7-8-17(13-16)38-26-37-15-21(29(31,32)33)23(39-26)20-14-36-24-18(20)9-10-19(22(24)30)25(40)42-4/h9-10,14-17,34,36H,5-8,11-13H2,1-4H3,(H,35,41)(H,37,38,39)/t16-,17-/m0/s1. The predicted octanol–water partition coefficient (Wildman–Crippen LogP) is 6.31. The van der Waals surface area contributed by atoms with Crippen LogP contribution < -0.4 is 16.0 Å². The first-order chi connectivity index (χ1) is 20.3. The fourth-order valence-electron chi connectivity index (χ4n) is 5.03. The number of esters is 1. The van der Waals surface area contributed by atoms with Crippen LogP contribution in [0.15, 0.2) is 24.5 Å². The van der Waals surface area contributed by atoms with Crippen molar-refractivity contribution in [2.45, 2.75) is 76.7 Å². The highest BCUT2D eigenvalue weighted by Crippen LogP contribution is 2.40. The molecule has 234 valence electrons. The minimum absolute atomic E-state index is 0.0176. The maximum absolute atomic E-state index is 14.0. The Morgan fingerprint density at radius 2 is 1.84 bits per heavy atom. The first kappa shape index (κ1) is 32.3. The lowest BCUT2D eigenvalue weighted by molar-refractivity contribution is -0.137. The minimum Gasteiger partial charge on any atom is -0.465 e. The molecule has 14 heteroatoms. The van der Waals surface area contributed by atoms with E-state index < -0.39 is 29.4 Å². The van der Waals surface area contributed by atoms with Crippen molar-refractivity contribution in [1.82, 2.24) is 25.6 Å². The van der Waals surface area contributed by atoms with Gasteiger partial charge < -0.3 is 30.4 Å². The molecule has 1 aliphatic carbocycles. The van der Waals surface area contributed by atoms with Gasteiger partial charge in [-0.3, -0.25) is 0 Å². The van der Waals surface area contributed by atoms with Crippen LogP contribution in [0.4, 0.5) is 23.9 Å². The zero-order chi connectivity index (χ0) is 31.4. The Balaban J connectivity index is 1.38. The van der Waals surface area contributed by atoms with Gasteiger partial charge in [0.2, 0.25) is 5.95 Å². The van der Waals surface area contributed by atoms with Crippen LogP contribution >= 0.6 is 11.6 Å². The summed E-state index contributed by atoms with van der Waals surface area (Å²) in [6.07, 6.45) is 1.16. The first-order valence-electron chi connectivity index (χ1n) is 14.1. The summed E-state index contributed by atoms with van der Waals surface area (Å²) in [6, 6.07) is 3.14. The number of rotatable bonds is 10. The van der Waals surface area contributed by atoms with Crippen molar-refractivity contribution in [3.63, 3.8) is 0 Å². The summed E-state index contributed by atoms with van der Waals surface area (Å²) in [7, 11) is 1.21. The van der Waals surface area contributed by atoms with Crippen LogP contribution in [0.1, 0.15) is 68.8 Å². The molecule has 0 unspecified atom stereocenters. The summed E-state index contributed by atoms with van der Waals surface area (Å²) in [4.78, 5) is 34.9. The van der Waals surface area contributed by atoms with Crippen molar-refractivity contribution >= 4 is 40.5 Å². The Morgan fingerprint density at radius 1 is 1.12 bits per heavy atom. The lowest BCUT2D eigenvalue weighted by Crippen LogP contribution is -2.33. The number of aromatic amines is 1. The van der Waals surface area contributed by atoms with E-state index in [1.807, 2.05) is 20.8 Å². The van der Waals surface area contributed by atoms with E-state index in [1.54, 1.807) is 0 Å². The smallest absolute Gasteiger partial charge is 0.419 e. The molecule has 2 heterocycles. The number of fused-ring (bicyclic) bond motifs is 1. The van der Waals surface area contributed by atoms with Crippen LogP contribution in [-0.4, -0.2) is 64.9 Å². The summed E-state index contributed by atoms with van der Waals surface area (Å²) < 4.78 is 51.9. The number of hydrogen-bond acceptors (Lipinski definition) is 8. The summed E-state index contributed by atoms with van der Waals surface area (Å²) in [5, 5.41) is 9.86. The second kappa shape index (κ2) is 13.4. The second-order valence-electron chi connectivity index (χ2n) is 11.4. The van der Waals surface area contributed by atoms with Crippen molar-refractivity contribution in [2.75, 3.05) is 25.5 Å². The lowest BCUT2D eigenvalue weighted by Gasteiger charge is -2.19. The topological polar surface area (TPSA) is 130 Å². The predicted molar refractivity (Wildman–Crippen MR) is 157 cm³/mol. The molecule has 1 aromatic carbocycles. The molecular formula is C29H36ClF3N6O4. The molecule has 2 aromatic heterocycles. The van der Waals surface area contributed by atoms with Crippen LogP contribution in [0.5, 0.6) is 0 Å². The van der Waals surface area contributed by atoms with E-state index in [0.717, 1.165) is 44.8 Å². The molecule has 1 saturated carbocycles. The van der Waals surface area contributed by atoms with Gasteiger partial charge in [0.25, 0.3) is 0 Å². The SMILES string of the molecule is COC(=O)c1ccc2c(-c3nc(N[C@H]4CC[C@H](NCCCCNC(=O)OC(C)(C)C)C4)ncc3C(F)(F)F)c[nH]c2c1Cl. The highest BCUT2D eigenvalue weighted by Gasteiger charge is 2.36. The first-order valence-corrected chi connectivity index (χ1v) is 14.4. The number of halogens is 4. The molecule has 0 bridgehead atoms. The van der Waals surface area contributed by atoms with Gasteiger partial charge in [0.05, 0.1) is 28.9 Å². The van der Waals surface area contributed by atoms with E-state index in [-0.39, 0.29) is 39.9 Å². The van der Waals surface area contributed by atoms with Gasteiger partial charge >= 0.3 is 18.2 Å². The number of nitrogens with zero attached hydrogens (tertiary/aromatic N) is 2. The summed E-state index contributed by atoms with van der Waals surface area (Å²) in [5.74, 6) is -0.569. The van der Waals surface area contributed by atoms with Crippen LogP contribution in [0.2, 0.25) is 5.02 Å². The van der Waals surface area contributed by atoms with Gasteiger partial charge in [-0.25, -0.2) is 19.6 Å². The van der Waals surface area contributed by atoms with Crippen molar-refractivity contribution < 1.29 is 32.2 Å². The van der Waals surface area contributed by atoms with Crippen LogP contribution in [0.3, 0.4) is 0 Å². The van der Waals surface area contributed by atoms with Gasteiger partial charge in [-0.1, -0.05) is 17.7 Å². The van der Waals surface area contributed by atoms with Gasteiger partial charge in [-0.2, -0.15) is 13.2 Å². The van der Waals surface area contributed by atoms with Crippen LogP contribution in [0, 0.1) is 0 Å². The molecule has 4 rings (SSSR count). The zero-order valence-corrected chi connectivity index (χ0v) is 25.2. The van der Waals surface area contributed by atoms with Gasteiger partial charge in [-0.05, 0) is 65.5 Å². The number of anilines is 1.